The Labute approximate surface area is 58.7 Å². The quantitative estimate of drug-likeness (QED) is 0.482. The predicted octanol–water partition coefficient (Wildman–Crippen LogP) is -1.06. The van der Waals surface area contributed by atoms with E-state index in [4.69, 9.17) is 0 Å². The van der Waals surface area contributed by atoms with Crippen LogP contribution in [0.15, 0.2) is 15.8 Å². The van der Waals surface area contributed by atoms with E-state index in [9.17, 15) is 14.0 Å². The van der Waals surface area contributed by atoms with E-state index in [1.807, 2.05) is 0 Å². The molecule has 0 amide bonds. The lowest BCUT2D eigenvalue weighted by atomic mass is 10.4. The molecule has 5 heteroatoms. The van der Waals surface area contributed by atoms with Crippen LogP contribution in [0.3, 0.4) is 0 Å². The van der Waals surface area contributed by atoms with Gasteiger partial charge < -0.3 is 0 Å². The minimum absolute atomic E-state index is 0.0347. The van der Waals surface area contributed by atoms with Crippen molar-refractivity contribution < 1.29 is 4.39 Å². The molecule has 0 unspecified atom stereocenters. The molecule has 0 saturated carbocycles. The number of nitrogens with zero attached hydrogens (tertiary/aromatic N) is 2. The van der Waals surface area contributed by atoms with Gasteiger partial charge in [0.15, 0.2) is 0 Å². The molecule has 0 saturated heterocycles. The van der Waals surface area contributed by atoms with Gasteiger partial charge in [-0.2, -0.15) is 9.37 Å². The van der Waals surface area contributed by atoms with Crippen LogP contribution in [0.2, 0.25) is 0 Å². The maximum absolute atomic E-state index is 12.6. The molecule has 0 N–H and O–H groups in total. The Morgan fingerprint density at radius 1 is 1.27 bits per heavy atom. The smallest absolute Gasteiger partial charge is 0.267 e. The highest BCUT2D eigenvalue weighted by Crippen LogP contribution is 1.91. The van der Waals surface area contributed by atoms with Crippen LogP contribution in [-0.2, 0) is 0 Å². The first kappa shape index (κ1) is 6.09. The summed E-state index contributed by atoms with van der Waals surface area (Å²) >= 11 is 0. The van der Waals surface area contributed by atoms with Crippen LogP contribution in [0.1, 0.15) is 0 Å². The van der Waals surface area contributed by atoms with Gasteiger partial charge in [0.1, 0.15) is 5.22 Å². The van der Waals surface area contributed by atoms with Crippen LogP contribution >= 0.6 is 0 Å². The van der Waals surface area contributed by atoms with E-state index in [0.717, 1.165) is 6.20 Å². The molecule has 2 rings (SSSR count). The van der Waals surface area contributed by atoms with Crippen molar-refractivity contribution in [2.45, 2.75) is 0 Å². The van der Waals surface area contributed by atoms with Crippen molar-refractivity contribution in [3.05, 3.63) is 43.3 Å². The molecule has 4 nitrogen and oxygen atoms in total. The molecular formula is C6HFN2O2. The highest BCUT2D eigenvalue weighted by atomic mass is 19.1. The lowest BCUT2D eigenvalue weighted by Gasteiger charge is -1.67. The average molecular weight is 152 g/mol. The zero-order valence-electron chi connectivity index (χ0n) is 5.17. The maximum atomic E-state index is 12.6. The fourth-order valence-corrected chi connectivity index (χ4v) is 0.934. The fourth-order valence-electron chi connectivity index (χ4n) is 0.934. The van der Waals surface area contributed by atoms with Gasteiger partial charge in [-0.25, -0.2) is 4.98 Å². The van der Waals surface area contributed by atoms with Crippen LogP contribution < -0.4 is 11.1 Å². The number of hydrogen-bond donors (Lipinski definition) is 0. The molecule has 2 aliphatic heterocycles. The summed E-state index contributed by atoms with van der Waals surface area (Å²) in [7, 11) is 0. The second-order valence-electron chi connectivity index (χ2n) is 2.06. The third-order valence-corrected chi connectivity index (χ3v) is 1.43. The van der Waals surface area contributed by atoms with E-state index in [2.05, 4.69) is 9.97 Å². The number of hydrogen-bond acceptors (Lipinski definition) is 4. The van der Waals surface area contributed by atoms with Crippen molar-refractivity contribution in [1.82, 2.24) is 9.97 Å². The van der Waals surface area contributed by atoms with Gasteiger partial charge in [-0.3, -0.25) is 9.59 Å². The molecule has 0 aromatic carbocycles. The van der Waals surface area contributed by atoms with E-state index in [1.54, 1.807) is 0 Å². The highest BCUT2D eigenvalue weighted by molar-refractivity contribution is 5.08. The predicted molar refractivity (Wildman–Crippen MR) is 32.2 cm³/mol. The molecule has 0 aromatic heterocycles. The minimum Gasteiger partial charge on any atom is -0.267 e. The lowest BCUT2D eigenvalue weighted by molar-refractivity contribution is 0.580. The Morgan fingerprint density at radius 3 is 2.64 bits per heavy atom. The Kier molecular flexibility index (Phi) is 0.934. The first-order chi connectivity index (χ1) is 5.20. The maximum Gasteiger partial charge on any atom is 0.282 e. The molecule has 0 fully saturated rings. The van der Waals surface area contributed by atoms with Gasteiger partial charge in [-0.1, -0.05) is 0 Å². The summed E-state index contributed by atoms with van der Waals surface area (Å²) in [5, 5.41) is -0.331. The summed E-state index contributed by atoms with van der Waals surface area (Å²) < 4.78 is 12.6. The largest absolute Gasteiger partial charge is 0.282 e. The van der Waals surface area contributed by atoms with Crippen LogP contribution in [0.4, 0.5) is 4.39 Å². The zero-order valence-corrected chi connectivity index (χ0v) is 5.17. The van der Waals surface area contributed by atoms with E-state index < -0.39 is 17.1 Å². The number of halogens is 1. The Hall–Kier alpha value is -1.65. The van der Waals surface area contributed by atoms with Gasteiger partial charge in [0.05, 0.1) is 5.22 Å². The number of rotatable bonds is 0. The van der Waals surface area contributed by atoms with Crippen LogP contribution in [-0.4, -0.2) is 9.97 Å². The Balaban J connectivity index is 3.34. The second kappa shape index (κ2) is 1.69. The Morgan fingerprint density at radius 2 is 2.00 bits per heavy atom. The third-order valence-electron chi connectivity index (χ3n) is 1.43. The van der Waals surface area contributed by atoms with Crippen LogP contribution in [0.25, 0.3) is 0 Å². The van der Waals surface area contributed by atoms with Crippen molar-refractivity contribution in [3.63, 3.8) is 0 Å². The van der Waals surface area contributed by atoms with Crippen molar-refractivity contribution >= 4 is 0 Å². The van der Waals surface area contributed by atoms with Gasteiger partial charge in [0.25, 0.3) is 11.1 Å². The molecule has 0 radical (unpaired) electrons. The first-order valence-electron chi connectivity index (χ1n) is 2.81. The molecule has 0 aliphatic carbocycles. The molecule has 0 bridgehead atoms. The molecular weight excluding hydrogens is 151 g/mol. The summed E-state index contributed by atoms with van der Waals surface area (Å²) in [6.45, 7) is 0. The van der Waals surface area contributed by atoms with Crippen molar-refractivity contribution in [1.29, 1.82) is 0 Å². The molecule has 0 spiro atoms. The first-order valence-corrected chi connectivity index (χ1v) is 2.81. The van der Waals surface area contributed by atoms with Crippen molar-refractivity contribution in [2.75, 3.05) is 0 Å². The van der Waals surface area contributed by atoms with E-state index >= 15 is 0 Å². The van der Waals surface area contributed by atoms with Crippen LogP contribution in [0, 0.1) is 16.4 Å². The molecule has 2 heterocycles. The SMILES string of the molecule is O=c1nc(F)c2c(=O)ncc1=2. The Bertz CT molecular complexity index is 539. The summed E-state index contributed by atoms with van der Waals surface area (Å²) in [6, 6.07) is 0. The topological polar surface area (TPSA) is 59.9 Å². The van der Waals surface area contributed by atoms with Crippen molar-refractivity contribution in [3.8, 4) is 0 Å². The highest BCUT2D eigenvalue weighted by Gasteiger charge is 2.09. The van der Waals surface area contributed by atoms with Gasteiger partial charge in [-0.15, -0.1) is 0 Å². The summed E-state index contributed by atoms with van der Waals surface area (Å²) in [6.07, 6.45) is 1.04. The molecule has 0 atom stereocenters. The van der Waals surface area contributed by atoms with Gasteiger partial charge in [-0.05, 0) is 0 Å². The van der Waals surface area contributed by atoms with Gasteiger partial charge in [0.2, 0.25) is 5.95 Å². The molecule has 0 aromatic rings. The summed E-state index contributed by atoms with van der Waals surface area (Å²) in [5.74, 6) is -1.02. The second-order valence-corrected chi connectivity index (χ2v) is 2.06. The normalized spacial score (nSPS) is 11.0. The van der Waals surface area contributed by atoms with Crippen LogP contribution in [0.5, 0.6) is 0 Å². The van der Waals surface area contributed by atoms with E-state index in [0.29, 0.717) is 0 Å². The molecule has 2 aliphatic rings. The third kappa shape index (κ3) is 0.618. The fraction of sp³-hybridized carbons (Fsp3) is 0. The van der Waals surface area contributed by atoms with Gasteiger partial charge >= 0.3 is 0 Å². The minimum atomic E-state index is -1.02. The monoisotopic (exact) mass is 152 g/mol. The standard InChI is InChI=1S/C6HFN2O2/c7-4-3-2(5(10)9-4)1-8-6(3)11/h1H. The average Bonchev–Trinajstić information content (AvgIpc) is 2.41. The summed E-state index contributed by atoms with van der Waals surface area (Å²) in [5.41, 5.74) is -1.46. The zero-order chi connectivity index (χ0) is 8.01. The lowest BCUT2D eigenvalue weighted by Crippen LogP contribution is -2.02. The van der Waals surface area contributed by atoms with Gasteiger partial charge in [0, 0.05) is 6.20 Å². The van der Waals surface area contributed by atoms with Crippen molar-refractivity contribution in [2.24, 2.45) is 0 Å². The molecule has 11 heavy (non-hydrogen) atoms. The van der Waals surface area contributed by atoms with E-state index in [1.165, 1.54) is 0 Å². The molecule has 54 valence electrons. The summed E-state index contributed by atoms with van der Waals surface area (Å²) in [4.78, 5) is 27.6. The van der Waals surface area contributed by atoms with E-state index in [-0.39, 0.29) is 10.4 Å². The number of aromatic nitrogens is 2.